The topological polar surface area (TPSA) is 64.9 Å². The van der Waals surface area contributed by atoms with Crippen molar-refractivity contribution in [2.75, 3.05) is 19.5 Å². The molecule has 0 aliphatic carbocycles. The summed E-state index contributed by atoms with van der Waals surface area (Å²) in [5.74, 6) is 1.50. The third kappa shape index (κ3) is 2.64. The summed E-state index contributed by atoms with van der Waals surface area (Å²) < 4.78 is 8.05. The molecule has 0 aliphatic heterocycles. The fraction of sp³-hybridized carbons (Fsp3) is 0.462. The first-order chi connectivity index (χ1) is 9.49. The molecule has 0 unspecified atom stereocenters. The van der Waals surface area contributed by atoms with E-state index in [-0.39, 0.29) is 0 Å². The van der Waals surface area contributed by atoms with Crippen LogP contribution in [0.1, 0.15) is 17.1 Å². The Morgan fingerprint density at radius 2 is 2.00 bits per heavy atom. The number of aromatic nitrogens is 4. The van der Waals surface area contributed by atoms with Gasteiger partial charge in [-0.3, -0.25) is 4.68 Å². The zero-order valence-electron chi connectivity index (χ0n) is 12.3. The fourth-order valence-electron chi connectivity index (χ4n) is 2.10. The van der Waals surface area contributed by atoms with E-state index in [4.69, 9.17) is 4.74 Å². The minimum Gasteiger partial charge on any atom is -0.378 e. The van der Waals surface area contributed by atoms with E-state index in [9.17, 15) is 0 Å². The van der Waals surface area contributed by atoms with Crippen molar-refractivity contribution in [2.45, 2.75) is 20.5 Å². The number of ether oxygens (including phenoxy) is 1. The van der Waals surface area contributed by atoms with Gasteiger partial charge < -0.3 is 10.1 Å². The Kier molecular flexibility index (Phi) is 4.59. The van der Waals surface area contributed by atoms with E-state index in [0.29, 0.717) is 12.4 Å². The number of nitrogens with zero attached hydrogens (tertiary/aromatic N) is 4. The van der Waals surface area contributed by atoms with Gasteiger partial charge in [-0.2, -0.15) is 5.10 Å². The molecule has 2 rings (SSSR count). The maximum atomic E-state index is 5.22. The van der Waals surface area contributed by atoms with Crippen molar-refractivity contribution in [3.8, 4) is 11.4 Å². The van der Waals surface area contributed by atoms with Crippen molar-refractivity contribution in [2.24, 2.45) is 7.05 Å². The quantitative estimate of drug-likeness (QED) is 0.816. The van der Waals surface area contributed by atoms with E-state index < -0.39 is 0 Å². The average molecular weight is 387 g/mol. The number of nitrogens with one attached hydrogen (secondary N) is 1. The maximum Gasteiger partial charge on any atom is 0.165 e. The molecule has 2 heterocycles. The highest BCUT2D eigenvalue weighted by Crippen LogP contribution is 2.28. The fourth-order valence-corrected chi connectivity index (χ4v) is 2.77. The minimum atomic E-state index is 0.459. The van der Waals surface area contributed by atoms with E-state index in [1.54, 1.807) is 7.11 Å². The first kappa shape index (κ1) is 15.2. The molecular formula is C13H18IN5O. The first-order valence-electron chi connectivity index (χ1n) is 6.23. The summed E-state index contributed by atoms with van der Waals surface area (Å²) in [6, 6.07) is 0. The second-order valence-electron chi connectivity index (χ2n) is 4.51. The van der Waals surface area contributed by atoms with Crippen LogP contribution in [-0.2, 0) is 18.4 Å². The number of hydrogen-bond donors (Lipinski definition) is 1. The standard InChI is InChI=1S/C13H18IN5O/c1-7-10(8(2)19(4)18-7)12-16-9(6-20-5)11(14)13(15-3)17-12/h6H2,1-5H3,(H,15,16,17). The molecule has 0 aliphatic rings. The second-order valence-corrected chi connectivity index (χ2v) is 5.59. The van der Waals surface area contributed by atoms with Crippen LogP contribution in [0, 0.1) is 17.4 Å². The highest BCUT2D eigenvalue weighted by Gasteiger charge is 2.18. The number of halogens is 1. The Morgan fingerprint density at radius 1 is 1.30 bits per heavy atom. The molecule has 6 nitrogen and oxygen atoms in total. The molecule has 0 amide bonds. The number of methoxy groups -OCH3 is 1. The van der Waals surface area contributed by atoms with E-state index >= 15 is 0 Å². The number of aryl methyl sites for hydroxylation is 2. The normalized spacial score (nSPS) is 10.9. The Labute approximate surface area is 132 Å². The third-order valence-electron chi connectivity index (χ3n) is 3.17. The van der Waals surface area contributed by atoms with Crippen molar-refractivity contribution < 1.29 is 4.74 Å². The Morgan fingerprint density at radius 3 is 2.50 bits per heavy atom. The van der Waals surface area contributed by atoms with Gasteiger partial charge in [0.05, 0.1) is 27.1 Å². The Hall–Kier alpha value is -1.22. The summed E-state index contributed by atoms with van der Waals surface area (Å²) in [5.41, 5.74) is 3.84. The van der Waals surface area contributed by atoms with Gasteiger partial charge in [-0.05, 0) is 36.4 Å². The third-order valence-corrected chi connectivity index (χ3v) is 4.30. The predicted octanol–water partition coefficient (Wildman–Crippen LogP) is 2.29. The molecule has 0 saturated carbocycles. The SMILES string of the molecule is CNc1nc(-c2c(C)nn(C)c2C)nc(COC)c1I. The van der Waals surface area contributed by atoms with Gasteiger partial charge in [0.2, 0.25) is 0 Å². The van der Waals surface area contributed by atoms with Gasteiger partial charge in [0.25, 0.3) is 0 Å². The second kappa shape index (κ2) is 6.04. The summed E-state index contributed by atoms with van der Waals surface area (Å²) in [7, 11) is 5.44. The summed E-state index contributed by atoms with van der Waals surface area (Å²) in [5, 5.41) is 7.53. The van der Waals surface area contributed by atoms with E-state index in [1.165, 1.54) is 0 Å². The van der Waals surface area contributed by atoms with Gasteiger partial charge in [0.1, 0.15) is 5.82 Å². The molecule has 0 fully saturated rings. The molecule has 2 aromatic heterocycles. The van der Waals surface area contributed by atoms with Crippen LogP contribution in [-0.4, -0.2) is 33.9 Å². The molecule has 20 heavy (non-hydrogen) atoms. The highest BCUT2D eigenvalue weighted by atomic mass is 127. The van der Waals surface area contributed by atoms with Gasteiger partial charge >= 0.3 is 0 Å². The van der Waals surface area contributed by atoms with Crippen LogP contribution in [0.4, 0.5) is 5.82 Å². The van der Waals surface area contributed by atoms with Crippen LogP contribution in [0.2, 0.25) is 0 Å². The molecule has 2 aromatic rings. The van der Waals surface area contributed by atoms with Gasteiger partial charge in [-0.25, -0.2) is 9.97 Å². The largest absolute Gasteiger partial charge is 0.378 e. The van der Waals surface area contributed by atoms with Crippen molar-refractivity contribution in [3.63, 3.8) is 0 Å². The number of rotatable bonds is 4. The van der Waals surface area contributed by atoms with Crippen molar-refractivity contribution in [1.82, 2.24) is 19.7 Å². The summed E-state index contributed by atoms with van der Waals surface area (Å²) in [6.07, 6.45) is 0. The lowest BCUT2D eigenvalue weighted by Gasteiger charge is -2.11. The maximum absolute atomic E-state index is 5.22. The smallest absolute Gasteiger partial charge is 0.165 e. The predicted molar refractivity (Wildman–Crippen MR) is 86.7 cm³/mol. The van der Waals surface area contributed by atoms with Crippen LogP contribution in [0.25, 0.3) is 11.4 Å². The van der Waals surface area contributed by atoms with Crippen LogP contribution >= 0.6 is 22.6 Å². The number of hydrogen-bond acceptors (Lipinski definition) is 5. The zero-order valence-corrected chi connectivity index (χ0v) is 14.4. The molecule has 0 saturated heterocycles. The lowest BCUT2D eigenvalue weighted by molar-refractivity contribution is 0.181. The van der Waals surface area contributed by atoms with Crippen LogP contribution in [0.15, 0.2) is 0 Å². The van der Waals surface area contributed by atoms with Gasteiger partial charge in [0, 0.05) is 26.9 Å². The molecule has 0 atom stereocenters. The number of anilines is 1. The zero-order chi connectivity index (χ0) is 14.9. The van der Waals surface area contributed by atoms with Crippen LogP contribution in [0.5, 0.6) is 0 Å². The van der Waals surface area contributed by atoms with Crippen molar-refractivity contribution in [1.29, 1.82) is 0 Å². The summed E-state index contributed by atoms with van der Waals surface area (Å²) in [6.45, 7) is 4.45. The molecule has 0 spiro atoms. The molecule has 0 bridgehead atoms. The lowest BCUT2D eigenvalue weighted by Crippen LogP contribution is -2.07. The van der Waals surface area contributed by atoms with Crippen molar-refractivity contribution >= 4 is 28.4 Å². The Bertz CT molecular complexity index is 638. The molecule has 0 aromatic carbocycles. The van der Waals surface area contributed by atoms with Gasteiger partial charge in [-0.1, -0.05) is 0 Å². The van der Waals surface area contributed by atoms with E-state index in [1.807, 2.05) is 32.6 Å². The van der Waals surface area contributed by atoms with Crippen LogP contribution in [0.3, 0.4) is 0 Å². The van der Waals surface area contributed by atoms with E-state index in [0.717, 1.165) is 32.0 Å². The molecule has 1 N–H and O–H groups in total. The average Bonchev–Trinajstić information content (AvgIpc) is 2.66. The minimum absolute atomic E-state index is 0.459. The molecule has 0 radical (unpaired) electrons. The van der Waals surface area contributed by atoms with Crippen molar-refractivity contribution in [3.05, 3.63) is 20.7 Å². The molecule has 7 heteroatoms. The van der Waals surface area contributed by atoms with Gasteiger partial charge in [-0.15, -0.1) is 0 Å². The molecule has 108 valence electrons. The lowest BCUT2D eigenvalue weighted by atomic mass is 10.2. The Balaban J connectivity index is 2.65. The van der Waals surface area contributed by atoms with Gasteiger partial charge in [0.15, 0.2) is 5.82 Å². The summed E-state index contributed by atoms with van der Waals surface area (Å²) >= 11 is 2.23. The summed E-state index contributed by atoms with van der Waals surface area (Å²) in [4.78, 5) is 9.24. The molecular weight excluding hydrogens is 369 g/mol. The highest BCUT2D eigenvalue weighted by molar-refractivity contribution is 14.1. The first-order valence-corrected chi connectivity index (χ1v) is 7.31. The van der Waals surface area contributed by atoms with Crippen LogP contribution < -0.4 is 5.32 Å². The van der Waals surface area contributed by atoms with E-state index in [2.05, 4.69) is 43.0 Å². The monoisotopic (exact) mass is 387 g/mol.